The molecule has 0 aliphatic heterocycles. The number of aliphatic hydroxyl groups is 1. The average Bonchev–Trinajstić information content (AvgIpc) is 2.49. The number of hydrogen-bond donors (Lipinski definition) is 1. The topological polar surface area (TPSA) is 58.9 Å². The van der Waals surface area contributed by atoms with Gasteiger partial charge in [-0.3, -0.25) is 4.98 Å². The summed E-state index contributed by atoms with van der Waals surface area (Å²) in [7, 11) is -1.79. The lowest BCUT2D eigenvalue weighted by molar-refractivity contribution is 0.211. The highest BCUT2D eigenvalue weighted by Gasteiger charge is 2.40. The van der Waals surface area contributed by atoms with Crippen LogP contribution in [0.4, 0.5) is 0 Å². The lowest BCUT2D eigenvalue weighted by Crippen LogP contribution is -2.52. The van der Waals surface area contributed by atoms with Crippen LogP contribution in [0.25, 0.3) is 0 Å². The van der Waals surface area contributed by atoms with Crippen LogP contribution < -0.4 is 5.19 Å². The molecule has 1 atom stereocenters. The van der Waals surface area contributed by atoms with Gasteiger partial charge in [-0.1, -0.05) is 33.9 Å². The Bertz CT molecular complexity index is 818. The van der Waals surface area contributed by atoms with Crippen molar-refractivity contribution in [2.24, 2.45) is 0 Å². The molecule has 0 aromatic carbocycles. The zero-order valence-electron chi connectivity index (χ0n) is 17.9. The van der Waals surface area contributed by atoms with E-state index in [2.05, 4.69) is 57.7 Å². The van der Waals surface area contributed by atoms with E-state index in [9.17, 15) is 5.11 Å². The molecule has 0 saturated carbocycles. The van der Waals surface area contributed by atoms with Gasteiger partial charge in [-0.2, -0.15) is 0 Å². The van der Waals surface area contributed by atoms with Crippen molar-refractivity contribution in [1.82, 2.24) is 15.0 Å². The summed E-state index contributed by atoms with van der Waals surface area (Å²) in [5.74, 6) is 0. The molecule has 0 radical (unpaired) electrons. The van der Waals surface area contributed by atoms with E-state index in [1.165, 1.54) is 10.8 Å². The molecule has 2 aromatic heterocycles. The van der Waals surface area contributed by atoms with Crippen LogP contribution in [0.15, 0.2) is 6.33 Å². The van der Waals surface area contributed by atoms with Crippen molar-refractivity contribution < 1.29 is 5.11 Å². The second-order valence-electron chi connectivity index (χ2n) is 8.94. The smallest absolute Gasteiger partial charge is 0.125 e. The number of pyridine rings is 1. The van der Waals surface area contributed by atoms with E-state index in [4.69, 9.17) is 4.98 Å². The number of aryl methyl sites for hydroxylation is 3. The monoisotopic (exact) mass is 371 g/mol. The van der Waals surface area contributed by atoms with Crippen LogP contribution in [0.5, 0.6) is 0 Å². The Balaban J connectivity index is 2.77. The Morgan fingerprint density at radius 1 is 0.885 bits per heavy atom. The van der Waals surface area contributed by atoms with Gasteiger partial charge in [0.25, 0.3) is 0 Å². The van der Waals surface area contributed by atoms with Crippen molar-refractivity contribution in [2.75, 3.05) is 0 Å². The summed E-state index contributed by atoms with van der Waals surface area (Å²) >= 11 is 0. The van der Waals surface area contributed by atoms with E-state index in [1.807, 2.05) is 20.8 Å². The Labute approximate surface area is 159 Å². The summed E-state index contributed by atoms with van der Waals surface area (Å²) < 4.78 is 0. The van der Waals surface area contributed by atoms with E-state index < -0.39 is 14.2 Å². The lowest BCUT2D eigenvalue weighted by atomic mass is 9.98. The molecule has 2 heterocycles. The molecule has 1 unspecified atom stereocenters. The molecule has 4 nitrogen and oxygen atoms in total. The third-order valence-electron chi connectivity index (χ3n) is 6.28. The van der Waals surface area contributed by atoms with Crippen molar-refractivity contribution in [3.8, 4) is 0 Å². The number of rotatable bonds is 3. The molecule has 2 aromatic rings. The fraction of sp³-hybridized carbons (Fsp3) is 0.571. The molecule has 0 fully saturated rings. The summed E-state index contributed by atoms with van der Waals surface area (Å²) in [4.78, 5) is 13.4. The van der Waals surface area contributed by atoms with Gasteiger partial charge in [0.1, 0.15) is 12.4 Å². The summed E-state index contributed by atoms with van der Waals surface area (Å²) in [5, 5.41) is 12.8. The first-order valence-corrected chi connectivity index (χ1v) is 12.2. The van der Waals surface area contributed by atoms with Crippen LogP contribution in [0.1, 0.15) is 66.3 Å². The maximum absolute atomic E-state index is 11.2. The molecule has 26 heavy (non-hydrogen) atoms. The minimum atomic E-state index is -1.79. The van der Waals surface area contributed by atoms with Crippen LogP contribution in [-0.2, 0) is 0 Å². The van der Waals surface area contributed by atoms with Crippen molar-refractivity contribution in [3.05, 3.63) is 45.8 Å². The van der Waals surface area contributed by atoms with Gasteiger partial charge in [0.05, 0.1) is 13.8 Å². The number of nitrogens with zero attached hydrogens (tertiary/aromatic N) is 3. The molecule has 142 valence electrons. The van der Waals surface area contributed by atoms with Crippen LogP contribution in [0, 0.1) is 34.6 Å². The van der Waals surface area contributed by atoms with E-state index in [0.717, 1.165) is 33.9 Å². The zero-order chi connectivity index (χ0) is 20.0. The van der Waals surface area contributed by atoms with Gasteiger partial charge in [-0.15, -0.1) is 0 Å². The first kappa shape index (κ1) is 20.7. The second-order valence-corrected chi connectivity index (χ2v) is 14.2. The molecular weight excluding hydrogens is 338 g/mol. The fourth-order valence-electron chi connectivity index (χ4n) is 3.65. The van der Waals surface area contributed by atoms with Crippen LogP contribution in [0.2, 0.25) is 18.1 Å². The van der Waals surface area contributed by atoms with Gasteiger partial charge in [-0.25, -0.2) is 9.97 Å². The molecule has 0 saturated heterocycles. The fourth-order valence-corrected chi connectivity index (χ4v) is 6.59. The van der Waals surface area contributed by atoms with Gasteiger partial charge >= 0.3 is 0 Å². The first-order chi connectivity index (χ1) is 11.8. The summed E-state index contributed by atoms with van der Waals surface area (Å²) in [5.41, 5.74) is 6.51. The predicted octanol–water partition coefficient (Wildman–Crippen LogP) is 4.21. The quantitative estimate of drug-likeness (QED) is 0.821. The van der Waals surface area contributed by atoms with Crippen LogP contribution in [0.3, 0.4) is 0 Å². The van der Waals surface area contributed by atoms with Gasteiger partial charge < -0.3 is 5.11 Å². The van der Waals surface area contributed by atoms with E-state index in [1.54, 1.807) is 6.33 Å². The minimum Gasteiger partial charge on any atom is -0.382 e. The molecule has 5 heteroatoms. The Hall–Kier alpha value is -1.59. The average molecular weight is 372 g/mol. The van der Waals surface area contributed by atoms with Crippen molar-refractivity contribution in [2.45, 2.75) is 79.6 Å². The maximum Gasteiger partial charge on any atom is 0.125 e. The molecule has 0 amide bonds. The normalized spacial score (nSPS) is 13.8. The molecule has 0 aliphatic carbocycles. The first-order valence-electron chi connectivity index (χ1n) is 9.25. The van der Waals surface area contributed by atoms with Gasteiger partial charge in [0, 0.05) is 22.6 Å². The van der Waals surface area contributed by atoms with Gasteiger partial charge in [-0.05, 0) is 56.0 Å². The highest BCUT2D eigenvalue weighted by molar-refractivity contribution is 6.92. The van der Waals surface area contributed by atoms with Crippen molar-refractivity contribution >= 4 is 13.3 Å². The van der Waals surface area contributed by atoms with E-state index in [0.29, 0.717) is 0 Å². The summed E-state index contributed by atoms with van der Waals surface area (Å²) in [6.07, 6.45) is 0.738. The zero-order valence-corrected chi connectivity index (χ0v) is 18.9. The number of aromatic nitrogens is 3. The van der Waals surface area contributed by atoms with Crippen LogP contribution in [-0.4, -0.2) is 28.1 Å². The summed E-state index contributed by atoms with van der Waals surface area (Å²) in [6.45, 7) is 22.0. The highest BCUT2D eigenvalue weighted by atomic mass is 28.3. The minimum absolute atomic E-state index is 0.209. The molecule has 2 rings (SSSR count). The SMILES string of the molecule is Cc1nc(C(O)c2c(C)ncnc2C)c(C)c([Si](C)(C)C(C)(C)C)c1C. The number of aliphatic hydroxyl groups excluding tert-OH is 1. The summed E-state index contributed by atoms with van der Waals surface area (Å²) in [6, 6.07) is 0. The predicted molar refractivity (Wildman–Crippen MR) is 111 cm³/mol. The molecular formula is C21H33N3OSi. The Morgan fingerprint density at radius 3 is 1.85 bits per heavy atom. The van der Waals surface area contributed by atoms with Crippen LogP contribution >= 0.6 is 0 Å². The van der Waals surface area contributed by atoms with E-state index in [-0.39, 0.29) is 5.04 Å². The van der Waals surface area contributed by atoms with Gasteiger partial charge in [0.15, 0.2) is 0 Å². The van der Waals surface area contributed by atoms with E-state index >= 15 is 0 Å². The van der Waals surface area contributed by atoms with Crippen molar-refractivity contribution in [1.29, 1.82) is 0 Å². The number of hydrogen-bond acceptors (Lipinski definition) is 4. The third-order valence-corrected chi connectivity index (χ3v) is 12.0. The Kier molecular flexibility index (Phi) is 5.46. The third kappa shape index (κ3) is 3.34. The second kappa shape index (κ2) is 6.85. The standard InChI is InChI=1S/C21H33N3OSi/c1-12-14(3)24-18(13(2)20(12)26(9,10)21(6,7)8)19(25)17-15(4)22-11-23-16(17)5/h11,19,25H,1-10H3. The maximum atomic E-state index is 11.2. The Morgan fingerprint density at radius 2 is 1.38 bits per heavy atom. The molecule has 0 aliphatic rings. The van der Waals surface area contributed by atoms with Gasteiger partial charge in [0.2, 0.25) is 0 Å². The largest absolute Gasteiger partial charge is 0.382 e. The molecule has 0 spiro atoms. The molecule has 0 bridgehead atoms. The lowest BCUT2D eigenvalue weighted by Gasteiger charge is -2.40. The molecule has 1 N–H and O–H groups in total. The highest BCUT2D eigenvalue weighted by Crippen LogP contribution is 2.38. The van der Waals surface area contributed by atoms with Crippen molar-refractivity contribution in [3.63, 3.8) is 0 Å².